The van der Waals surface area contributed by atoms with Crippen LogP contribution in [0.25, 0.3) is 0 Å². The minimum absolute atomic E-state index is 0.375. The highest BCUT2D eigenvalue weighted by Crippen LogP contribution is 2.43. The largest absolute Gasteiger partial charge is 0.396 e. The molecule has 0 heterocycles. The topological polar surface area (TPSA) is 46.2 Å². The van der Waals surface area contributed by atoms with E-state index in [1.165, 1.54) is 25.7 Å². The molecule has 2 fully saturated rings. The fourth-order valence-corrected chi connectivity index (χ4v) is 2.85. The van der Waals surface area contributed by atoms with Gasteiger partial charge >= 0.3 is 0 Å². The summed E-state index contributed by atoms with van der Waals surface area (Å²) >= 11 is 0. The third-order valence-corrected chi connectivity index (χ3v) is 3.53. The predicted molar refractivity (Wildman–Crippen MR) is 44.0 cm³/mol. The molecule has 2 rings (SSSR count). The maximum atomic E-state index is 9.00. The average molecular weight is 155 g/mol. The number of hydrogen-bond acceptors (Lipinski definition) is 2. The molecule has 2 aliphatic rings. The molecule has 64 valence electrons. The summed E-state index contributed by atoms with van der Waals surface area (Å²) in [5.74, 6) is 2.02. The smallest absolute Gasteiger partial charge is 0.0459 e. The standard InChI is InChI=1S/C9H17NO/c10-9-7-1-2-8(9)4-6(3-7)5-11/h6-9,11H,1-5,10H2/t6?,7-,8+,9?. The Labute approximate surface area is 67.8 Å². The lowest BCUT2D eigenvalue weighted by Gasteiger charge is -2.31. The summed E-state index contributed by atoms with van der Waals surface area (Å²) in [5, 5.41) is 9.00. The number of fused-ring (bicyclic) bond motifs is 2. The van der Waals surface area contributed by atoms with E-state index in [1.54, 1.807) is 0 Å². The van der Waals surface area contributed by atoms with Crippen LogP contribution >= 0.6 is 0 Å². The molecule has 0 aromatic heterocycles. The summed E-state index contributed by atoms with van der Waals surface area (Å²) in [4.78, 5) is 0. The molecule has 2 saturated carbocycles. The van der Waals surface area contributed by atoms with E-state index in [4.69, 9.17) is 10.8 Å². The summed E-state index contributed by atoms with van der Waals surface area (Å²) in [6.07, 6.45) is 4.97. The zero-order chi connectivity index (χ0) is 7.84. The third-order valence-electron chi connectivity index (χ3n) is 3.53. The summed E-state index contributed by atoms with van der Waals surface area (Å²) in [5.41, 5.74) is 6.02. The minimum Gasteiger partial charge on any atom is -0.396 e. The Morgan fingerprint density at radius 3 is 2.18 bits per heavy atom. The lowest BCUT2D eigenvalue weighted by molar-refractivity contribution is 0.142. The Kier molecular flexibility index (Phi) is 1.90. The van der Waals surface area contributed by atoms with Gasteiger partial charge in [0.1, 0.15) is 0 Å². The maximum Gasteiger partial charge on any atom is 0.0459 e. The van der Waals surface area contributed by atoms with Crippen molar-refractivity contribution in [1.29, 1.82) is 0 Å². The van der Waals surface area contributed by atoms with Crippen molar-refractivity contribution in [1.82, 2.24) is 0 Å². The Hall–Kier alpha value is -0.0800. The highest BCUT2D eigenvalue weighted by Gasteiger charge is 2.39. The van der Waals surface area contributed by atoms with Crippen molar-refractivity contribution in [2.75, 3.05) is 6.61 Å². The molecule has 2 bridgehead atoms. The van der Waals surface area contributed by atoms with Crippen molar-refractivity contribution in [3.05, 3.63) is 0 Å². The van der Waals surface area contributed by atoms with Crippen LogP contribution in [0.5, 0.6) is 0 Å². The number of rotatable bonds is 1. The van der Waals surface area contributed by atoms with Crippen molar-refractivity contribution in [3.63, 3.8) is 0 Å². The van der Waals surface area contributed by atoms with Gasteiger partial charge in [0.2, 0.25) is 0 Å². The number of aliphatic hydroxyl groups excluding tert-OH is 1. The SMILES string of the molecule is NC1[C@@H]2CC[C@H]1CC(CO)C2. The van der Waals surface area contributed by atoms with Gasteiger partial charge in [-0.3, -0.25) is 0 Å². The molecule has 2 heteroatoms. The van der Waals surface area contributed by atoms with Crippen LogP contribution in [0.4, 0.5) is 0 Å². The first-order valence-electron chi connectivity index (χ1n) is 4.67. The van der Waals surface area contributed by atoms with Crippen LogP contribution in [0.1, 0.15) is 25.7 Å². The number of hydrogen-bond donors (Lipinski definition) is 2. The van der Waals surface area contributed by atoms with Crippen molar-refractivity contribution in [2.45, 2.75) is 31.7 Å². The molecule has 0 aromatic carbocycles. The Morgan fingerprint density at radius 2 is 1.73 bits per heavy atom. The van der Waals surface area contributed by atoms with Crippen molar-refractivity contribution >= 4 is 0 Å². The van der Waals surface area contributed by atoms with Gasteiger partial charge in [-0.2, -0.15) is 0 Å². The van der Waals surface area contributed by atoms with E-state index >= 15 is 0 Å². The first-order valence-corrected chi connectivity index (χ1v) is 4.67. The van der Waals surface area contributed by atoms with Crippen LogP contribution < -0.4 is 5.73 Å². The Bertz CT molecular complexity index is 134. The van der Waals surface area contributed by atoms with E-state index < -0.39 is 0 Å². The van der Waals surface area contributed by atoms with Gasteiger partial charge in [-0.15, -0.1) is 0 Å². The first-order chi connectivity index (χ1) is 5.31. The van der Waals surface area contributed by atoms with Crippen LogP contribution in [-0.2, 0) is 0 Å². The summed E-state index contributed by atoms with van der Waals surface area (Å²) in [7, 11) is 0. The van der Waals surface area contributed by atoms with Gasteiger partial charge in [-0.1, -0.05) is 0 Å². The molecule has 0 saturated heterocycles. The zero-order valence-electron chi connectivity index (χ0n) is 6.87. The van der Waals surface area contributed by atoms with Gasteiger partial charge < -0.3 is 10.8 Å². The molecule has 11 heavy (non-hydrogen) atoms. The molecule has 0 aliphatic heterocycles. The third kappa shape index (κ3) is 1.18. The van der Waals surface area contributed by atoms with Gasteiger partial charge in [-0.25, -0.2) is 0 Å². The molecule has 0 radical (unpaired) electrons. The molecule has 0 aromatic rings. The molecule has 2 nitrogen and oxygen atoms in total. The van der Waals surface area contributed by atoms with Crippen molar-refractivity contribution in [3.8, 4) is 0 Å². The van der Waals surface area contributed by atoms with Gasteiger partial charge in [-0.05, 0) is 43.4 Å². The molecule has 0 spiro atoms. The van der Waals surface area contributed by atoms with Crippen molar-refractivity contribution in [2.24, 2.45) is 23.5 Å². The highest BCUT2D eigenvalue weighted by molar-refractivity contribution is 4.94. The molecular formula is C9H17NO. The summed E-state index contributed by atoms with van der Waals surface area (Å²) in [6.45, 7) is 0.375. The van der Waals surface area contributed by atoms with Gasteiger partial charge in [0.15, 0.2) is 0 Å². The second-order valence-corrected chi connectivity index (χ2v) is 4.19. The molecule has 2 unspecified atom stereocenters. The maximum absolute atomic E-state index is 9.00. The lowest BCUT2D eigenvalue weighted by atomic mass is 9.78. The average Bonchev–Trinajstić information content (AvgIpc) is 2.26. The number of nitrogens with two attached hydrogens (primary N) is 1. The second kappa shape index (κ2) is 2.76. The van der Waals surface area contributed by atoms with Gasteiger partial charge in [0, 0.05) is 12.6 Å². The van der Waals surface area contributed by atoms with Crippen LogP contribution in [0.2, 0.25) is 0 Å². The molecule has 4 atom stereocenters. The molecule has 3 N–H and O–H groups in total. The van der Waals surface area contributed by atoms with E-state index in [0.29, 0.717) is 18.6 Å². The Morgan fingerprint density at radius 1 is 1.18 bits per heavy atom. The quantitative estimate of drug-likeness (QED) is 0.586. The second-order valence-electron chi connectivity index (χ2n) is 4.19. The van der Waals surface area contributed by atoms with E-state index in [-0.39, 0.29) is 0 Å². The summed E-state index contributed by atoms with van der Waals surface area (Å²) < 4.78 is 0. The zero-order valence-corrected chi connectivity index (χ0v) is 6.87. The van der Waals surface area contributed by atoms with Crippen LogP contribution in [0.3, 0.4) is 0 Å². The van der Waals surface area contributed by atoms with Crippen molar-refractivity contribution < 1.29 is 5.11 Å². The molecule has 0 amide bonds. The fourth-order valence-electron chi connectivity index (χ4n) is 2.85. The predicted octanol–water partition coefficient (Wildman–Crippen LogP) is 0.742. The first kappa shape index (κ1) is 7.56. The monoisotopic (exact) mass is 155 g/mol. The fraction of sp³-hybridized carbons (Fsp3) is 1.00. The van der Waals surface area contributed by atoms with Crippen LogP contribution in [0.15, 0.2) is 0 Å². The highest BCUT2D eigenvalue weighted by atomic mass is 16.3. The number of aliphatic hydroxyl groups is 1. The van der Waals surface area contributed by atoms with Crippen LogP contribution in [0, 0.1) is 17.8 Å². The molecule has 2 aliphatic carbocycles. The van der Waals surface area contributed by atoms with Crippen LogP contribution in [-0.4, -0.2) is 17.8 Å². The van der Waals surface area contributed by atoms with Gasteiger partial charge in [0.25, 0.3) is 0 Å². The van der Waals surface area contributed by atoms with E-state index in [9.17, 15) is 0 Å². The van der Waals surface area contributed by atoms with E-state index in [0.717, 1.165) is 11.8 Å². The minimum atomic E-state index is 0.375. The molecular weight excluding hydrogens is 138 g/mol. The van der Waals surface area contributed by atoms with Gasteiger partial charge in [0.05, 0.1) is 0 Å². The van der Waals surface area contributed by atoms with E-state index in [1.807, 2.05) is 0 Å². The Balaban J connectivity index is 2.02. The summed E-state index contributed by atoms with van der Waals surface area (Å²) in [6, 6.07) is 0.456. The normalized spacial score (nSPS) is 49.6. The lowest BCUT2D eigenvalue weighted by Crippen LogP contribution is -2.38. The van der Waals surface area contributed by atoms with E-state index in [2.05, 4.69) is 0 Å².